The number of hydrogen-bond acceptors (Lipinski definition) is 2. The van der Waals surface area contributed by atoms with Gasteiger partial charge in [0.05, 0.1) is 7.06 Å². The predicted molar refractivity (Wildman–Crippen MR) is 240 cm³/mol. The molecule has 0 saturated heterocycles. The Hall–Kier alpha value is -7.16. The van der Waals surface area contributed by atoms with Crippen molar-refractivity contribution < 1.29 is 5.79 Å². The molecule has 0 amide bonds. The van der Waals surface area contributed by atoms with E-state index in [0.29, 0.717) is 6.04 Å². The Morgan fingerprint density at radius 2 is 1.12 bits per heavy atom. The molecule has 10 aromatic rings. The third-order valence-electron chi connectivity index (χ3n) is 12.0. The standard InChI is InChI=1S/C55H39NO/c1-55(2)49-29-27-41(33-46(49)47-32-39-19-9-10-20-40(39)34-50(47)55)44-24-14-25-51(54(44)37-17-7-4-8-18-37)56(42-22-13-21-38(31-42)36-15-5-3-6-16-36)43-28-30-53-48(35-43)45-23-11-12-26-52(45)57-53/h3-35H,1-2H3/i11D. The van der Waals surface area contributed by atoms with Gasteiger partial charge in [0, 0.05) is 33.1 Å². The number of para-hydroxylation sites is 1. The molecule has 270 valence electrons. The zero-order valence-electron chi connectivity index (χ0n) is 32.8. The first-order chi connectivity index (χ1) is 28.4. The summed E-state index contributed by atoms with van der Waals surface area (Å²) in [6.07, 6.45) is 0. The van der Waals surface area contributed by atoms with Crippen LogP contribution in [0, 0.1) is 0 Å². The average Bonchev–Trinajstić information content (AvgIpc) is 3.73. The minimum absolute atomic E-state index is 0.117. The second kappa shape index (κ2) is 13.0. The summed E-state index contributed by atoms with van der Waals surface area (Å²) in [5.74, 6) is 0. The van der Waals surface area contributed by atoms with Crippen LogP contribution in [-0.4, -0.2) is 0 Å². The van der Waals surface area contributed by atoms with Gasteiger partial charge < -0.3 is 9.32 Å². The van der Waals surface area contributed by atoms with Gasteiger partial charge in [-0.05, 0) is 122 Å². The highest BCUT2D eigenvalue weighted by molar-refractivity contribution is 6.07. The first-order valence-electron chi connectivity index (χ1n) is 20.2. The van der Waals surface area contributed by atoms with Crippen LogP contribution in [-0.2, 0) is 5.41 Å². The highest BCUT2D eigenvalue weighted by Crippen LogP contribution is 2.52. The maximum atomic E-state index is 8.42. The molecular weight excluding hydrogens is 691 g/mol. The highest BCUT2D eigenvalue weighted by Gasteiger charge is 2.36. The van der Waals surface area contributed by atoms with Crippen molar-refractivity contribution in [3.63, 3.8) is 0 Å². The van der Waals surface area contributed by atoms with Crippen molar-refractivity contribution in [1.29, 1.82) is 0 Å². The van der Waals surface area contributed by atoms with Crippen LogP contribution >= 0.6 is 0 Å². The van der Waals surface area contributed by atoms with Crippen LogP contribution < -0.4 is 4.90 Å². The van der Waals surface area contributed by atoms with Gasteiger partial charge in [-0.2, -0.15) is 0 Å². The molecular formula is C55H39NO. The molecule has 1 heterocycles. The van der Waals surface area contributed by atoms with Crippen LogP contribution in [0.5, 0.6) is 0 Å². The van der Waals surface area contributed by atoms with E-state index in [9.17, 15) is 0 Å². The first-order valence-corrected chi connectivity index (χ1v) is 19.7. The fourth-order valence-corrected chi connectivity index (χ4v) is 9.15. The zero-order valence-corrected chi connectivity index (χ0v) is 31.8. The molecule has 0 radical (unpaired) electrons. The molecule has 57 heavy (non-hydrogen) atoms. The molecule has 1 aliphatic rings. The Morgan fingerprint density at radius 3 is 1.95 bits per heavy atom. The lowest BCUT2D eigenvalue weighted by atomic mass is 9.81. The van der Waals surface area contributed by atoms with Gasteiger partial charge in [-0.3, -0.25) is 0 Å². The molecule has 1 aromatic heterocycles. The average molecular weight is 731 g/mol. The maximum Gasteiger partial charge on any atom is 0.135 e. The molecule has 0 atom stereocenters. The van der Waals surface area contributed by atoms with Crippen LogP contribution in [0.2, 0.25) is 0 Å². The van der Waals surface area contributed by atoms with E-state index >= 15 is 0 Å². The molecule has 0 N–H and O–H groups in total. The Labute approximate surface area is 334 Å². The van der Waals surface area contributed by atoms with E-state index < -0.39 is 0 Å². The summed E-state index contributed by atoms with van der Waals surface area (Å²) in [6, 6.07) is 70.0. The molecule has 0 unspecified atom stereocenters. The molecule has 0 fully saturated rings. The summed E-state index contributed by atoms with van der Waals surface area (Å²) >= 11 is 0. The van der Waals surface area contributed by atoms with Crippen molar-refractivity contribution in [2.75, 3.05) is 4.90 Å². The largest absolute Gasteiger partial charge is 0.456 e. The third-order valence-corrected chi connectivity index (χ3v) is 12.0. The van der Waals surface area contributed by atoms with Crippen LogP contribution in [0.15, 0.2) is 205 Å². The summed E-state index contributed by atoms with van der Waals surface area (Å²) in [7, 11) is 0. The monoisotopic (exact) mass is 730 g/mol. The molecule has 0 aliphatic heterocycles. The van der Waals surface area contributed by atoms with Crippen molar-refractivity contribution in [2.24, 2.45) is 0 Å². The van der Waals surface area contributed by atoms with Crippen LogP contribution in [0.25, 0.3) is 77.2 Å². The summed E-state index contributed by atoms with van der Waals surface area (Å²) in [5, 5.41) is 4.46. The molecule has 1 aliphatic carbocycles. The molecule has 0 bridgehead atoms. The minimum atomic E-state index is -0.117. The van der Waals surface area contributed by atoms with Crippen molar-refractivity contribution in [3.05, 3.63) is 211 Å². The second-order valence-corrected chi connectivity index (χ2v) is 15.7. The van der Waals surface area contributed by atoms with Gasteiger partial charge in [0.15, 0.2) is 0 Å². The van der Waals surface area contributed by atoms with E-state index in [1.165, 1.54) is 38.6 Å². The second-order valence-electron chi connectivity index (χ2n) is 15.7. The van der Waals surface area contributed by atoms with Gasteiger partial charge in [0.2, 0.25) is 0 Å². The number of hydrogen-bond donors (Lipinski definition) is 0. The summed E-state index contributed by atoms with van der Waals surface area (Å²) in [4.78, 5) is 2.39. The molecule has 9 aromatic carbocycles. The number of benzene rings is 9. The van der Waals surface area contributed by atoms with Crippen molar-refractivity contribution in [1.82, 2.24) is 0 Å². The van der Waals surface area contributed by atoms with E-state index in [4.69, 9.17) is 5.79 Å². The summed E-state index contributed by atoms with van der Waals surface area (Å²) < 4.78 is 14.7. The van der Waals surface area contributed by atoms with Gasteiger partial charge in [-0.15, -0.1) is 0 Å². The quantitative estimate of drug-likeness (QED) is 0.169. The van der Waals surface area contributed by atoms with Crippen LogP contribution in [0.1, 0.15) is 26.3 Å². The van der Waals surface area contributed by atoms with E-state index in [-0.39, 0.29) is 5.41 Å². The summed E-state index contributed by atoms with van der Waals surface area (Å²) in [5.41, 5.74) is 16.8. The van der Waals surface area contributed by atoms with E-state index in [1.54, 1.807) is 6.07 Å². The molecule has 0 spiro atoms. The van der Waals surface area contributed by atoms with Gasteiger partial charge in [-0.1, -0.05) is 153 Å². The van der Waals surface area contributed by atoms with Gasteiger partial charge in [-0.25, -0.2) is 0 Å². The van der Waals surface area contributed by atoms with E-state index in [1.807, 2.05) is 12.1 Å². The lowest BCUT2D eigenvalue weighted by molar-refractivity contribution is 0.661. The fraction of sp³-hybridized carbons (Fsp3) is 0.0545. The molecule has 11 rings (SSSR count). The number of furan rings is 1. The lowest BCUT2D eigenvalue weighted by Crippen LogP contribution is -2.14. The Morgan fingerprint density at radius 1 is 0.439 bits per heavy atom. The van der Waals surface area contributed by atoms with Crippen molar-refractivity contribution in [2.45, 2.75) is 19.3 Å². The maximum absolute atomic E-state index is 8.42. The number of nitrogens with zero attached hydrogens (tertiary/aromatic N) is 1. The van der Waals surface area contributed by atoms with Crippen molar-refractivity contribution >= 4 is 49.8 Å². The third kappa shape index (κ3) is 5.40. The smallest absolute Gasteiger partial charge is 0.135 e. The number of fused-ring (bicyclic) bond motifs is 7. The Kier molecular flexibility index (Phi) is 7.31. The topological polar surface area (TPSA) is 16.4 Å². The molecule has 2 heteroatoms. The SMILES string of the molecule is [2H]c1ccc2oc3ccc(N(c4cccc(-c5ccccc5)c4)c4cccc(-c5ccc6c(c5)-c5cc7ccccc7cc5C6(C)C)c4-c4ccccc4)cc3c2c1. The minimum Gasteiger partial charge on any atom is -0.456 e. The highest BCUT2D eigenvalue weighted by atomic mass is 16.3. The molecule has 2 nitrogen and oxygen atoms in total. The van der Waals surface area contributed by atoms with Crippen molar-refractivity contribution in [3.8, 4) is 44.5 Å². The first kappa shape index (κ1) is 32.1. The normalized spacial score (nSPS) is 13.1. The lowest BCUT2D eigenvalue weighted by Gasteiger charge is -2.30. The Bertz CT molecular complexity index is 3210. The van der Waals surface area contributed by atoms with Gasteiger partial charge >= 0.3 is 0 Å². The molecule has 0 saturated carbocycles. The number of anilines is 3. The fourth-order valence-electron chi connectivity index (χ4n) is 9.15. The number of rotatable bonds is 6. The van der Waals surface area contributed by atoms with Crippen LogP contribution in [0.4, 0.5) is 17.1 Å². The van der Waals surface area contributed by atoms with Gasteiger partial charge in [0.25, 0.3) is 0 Å². The van der Waals surface area contributed by atoms with Gasteiger partial charge in [0.1, 0.15) is 11.2 Å². The van der Waals surface area contributed by atoms with Crippen LogP contribution in [0.3, 0.4) is 0 Å². The van der Waals surface area contributed by atoms with E-state index in [2.05, 4.69) is 195 Å². The zero-order chi connectivity index (χ0) is 39.0. The predicted octanol–water partition coefficient (Wildman–Crippen LogP) is 15.5. The Balaban J connectivity index is 1.16. The van der Waals surface area contributed by atoms with E-state index in [0.717, 1.165) is 66.8 Å². The summed E-state index contributed by atoms with van der Waals surface area (Å²) in [6.45, 7) is 4.71.